The number of nitrogens with zero attached hydrogens (tertiary/aromatic N) is 1. The number of nitrogens with one attached hydrogen (secondary N) is 1. The number of hydrogen-bond acceptors (Lipinski definition) is 4. The lowest BCUT2D eigenvalue weighted by atomic mass is 10.0. The Hall–Kier alpha value is -1.23. The summed E-state index contributed by atoms with van der Waals surface area (Å²) in [5, 5.41) is 14.6. The zero-order valence-corrected chi connectivity index (χ0v) is 13.0. The van der Waals surface area contributed by atoms with Crippen LogP contribution in [0.15, 0.2) is 36.5 Å². The molecule has 0 radical (unpaired) electrons. The van der Waals surface area contributed by atoms with Gasteiger partial charge in [0.05, 0.1) is 6.10 Å². The summed E-state index contributed by atoms with van der Waals surface area (Å²) in [6, 6.07) is 10.3. The Morgan fingerprint density at radius 1 is 1.24 bits per heavy atom. The molecule has 1 saturated carbocycles. The maximum Gasteiger partial charge on any atom is 0.123 e. The van der Waals surface area contributed by atoms with Crippen LogP contribution in [-0.2, 0) is 6.54 Å². The molecule has 1 aromatic carbocycles. The molecule has 2 N–H and O–H groups in total. The Kier molecular flexibility index (Phi) is 5.01. The van der Waals surface area contributed by atoms with Gasteiger partial charge in [-0.3, -0.25) is 0 Å². The van der Waals surface area contributed by atoms with Gasteiger partial charge in [0.25, 0.3) is 0 Å². The molecule has 1 aliphatic carbocycles. The van der Waals surface area contributed by atoms with E-state index in [0.717, 1.165) is 11.6 Å². The highest BCUT2D eigenvalue weighted by molar-refractivity contribution is 7.15. The van der Waals surface area contributed by atoms with E-state index < -0.39 is 0 Å². The zero-order chi connectivity index (χ0) is 14.5. The van der Waals surface area contributed by atoms with Crippen molar-refractivity contribution in [2.45, 2.75) is 38.3 Å². The van der Waals surface area contributed by atoms with Crippen LogP contribution in [0.2, 0.25) is 0 Å². The molecule has 0 amide bonds. The molecule has 1 heterocycles. The van der Waals surface area contributed by atoms with E-state index in [9.17, 15) is 5.11 Å². The molecule has 3 rings (SSSR count). The molecule has 112 valence electrons. The van der Waals surface area contributed by atoms with Crippen molar-refractivity contribution in [3.05, 3.63) is 41.4 Å². The van der Waals surface area contributed by atoms with Gasteiger partial charge < -0.3 is 10.4 Å². The van der Waals surface area contributed by atoms with E-state index >= 15 is 0 Å². The second-order valence-electron chi connectivity index (χ2n) is 5.74. The summed E-state index contributed by atoms with van der Waals surface area (Å²) in [5.41, 5.74) is 1.17. The molecule has 21 heavy (non-hydrogen) atoms. The molecule has 3 nitrogen and oxygen atoms in total. The molecule has 1 atom stereocenters. The van der Waals surface area contributed by atoms with E-state index in [0.29, 0.717) is 12.5 Å². The number of hydrogen-bond donors (Lipinski definition) is 2. The highest BCUT2D eigenvalue weighted by Gasteiger charge is 2.22. The van der Waals surface area contributed by atoms with Crippen molar-refractivity contribution >= 4 is 11.3 Å². The third-order valence-corrected chi connectivity index (χ3v) is 5.22. The van der Waals surface area contributed by atoms with Crippen LogP contribution in [0.4, 0.5) is 0 Å². The van der Waals surface area contributed by atoms with Crippen LogP contribution < -0.4 is 5.32 Å². The summed E-state index contributed by atoms with van der Waals surface area (Å²) in [7, 11) is 0. The first-order valence-corrected chi connectivity index (χ1v) is 8.53. The van der Waals surface area contributed by atoms with Crippen LogP contribution in [0.5, 0.6) is 0 Å². The predicted molar refractivity (Wildman–Crippen MR) is 87.2 cm³/mol. The lowest BCUT2D eigenvalue weighted by molar-refractivity contribution is 0.109. The average Bonchev–Trinajstić information content (AvgIpc) is 3.20. The number of aliphatic hydroxyl groups excluding tert-OH is 1. The first-order valence-electron chi connectivity index (χ1n) is 7.72. The predicted octanol–water partition coefficient (Wildman–Crippen LogP) is 3.45. The summed E-state index contributed by atoms with van der Waals surface area (Å²) in [6.07, 6.45) is 6.65. The molecule has 1 aromatic heterocycles. The van der Waals surface area contributed by atoms with Crippen molar-refractivity contribution < 1.29 is 5.11 Å². The molecule has 1 fully saturated rings. The van der Waals surface area contributed by atoms with Gasteiger partial charge >= 0.3 is 0 Å². The third kappa shape index (κ3) is 3.90. The first kappa shape index (κ1) is 14.7. The standard InChI is InChI=1S/C17H22N2OS/c20-16(13-6-4-5-7-13)12-18-10-15-11-19-17(21-15)14-8-2-1-3-9-14/h1-3,8-9,11,13,16,18,20H,4-7,10,12H2. The SMILES string of the molecule is OC(CNCc1cnc(-c2ccccc2)s1)C1CCCC1. The summed E-state index contributed by atoms with van der Waals surface area (Å²) in [6.45, 7) is 1.47. The van der Waals surface area contributed by atoms with Gasteiger partial charge in [-0.2, -0.15) is 0 Å². The molecule has 4 heteroatoms. The lowest BCUT2D eigenvalue weighted by Crippen LogP contribution is -2.31. The van der Waals surface area contributed by atoms with Gasteiger partial charge in [0.1, 0.15) is 5.01 Å². The van der Waals surface area contributed by atoms with Crippen LogP contribution >= 0.6 is 11.3 Å². The van der Waals surface area contributed by atoms with Gasteiger partial charge in [-0.05, 0) is 18.8 Å². The van der Waals surface area contributed by atoms with Crippen LogP contribution in [0.1, 0.15) is 30.6 Å². The van der Waals surface area contributed by atoms with Gasteiger partial charge in [-0.25, -0.2) is 4.98 Å². The number of aromatic nitrogens is 1. The summed E-state index contributed by atoms with van der Waals surface area (Å²) in [4.78, 5) is 5.69. The van der Waals surface area contributed by atoms with Gasteiger partial charge in [0.15, 0.2) is 0 Å². The third-order valence-electron chi connectivity index (χ3n) is 4.17. The molecule has 1 aliphatic rings. The minimum Gasteiger partial charge on any atom is -0.392 e. The van der Waals surface area contributed by atoms with E-state index in [2.05, 4.69) is 22.4 Å². The van der Waals surface area contributed by atoms with Crippen LogP contribution in [0.3, 0.4) is 0 Å². The minimum atomic E-state index is -0.200. The lowest BCUT2D eigenvalue weighted by Gasteiger charge is -2.17. The topological polar surface area (TPSA) is 45.1 Å². The van der Waals surface area contributed by atoms with Crippen LogP contribution in [0.25, 0.3) is 10.6 Å². The average molecular weight is 302 g/mol. The molecular weight excluding hydrogens is 280 g/mol. The zero-order valence-electron chi connectivity index (χ0n) is 12.2. The largest absolute Gasteiger partial charge is 0.392 e. The molecule has 2 aromatic rings. The van der Waals surface area contributed by atoms with E-state index in [1.165, 1.54) is 36.1 Å². The summed E-state index contributed by atoms with van der Waals surface area (Å²) < 4.78 is 0. The van der Waals surface area contributed by atoms with E-state index in [1.54, 1.807) is 11.3 Å². The maximum absolute atomic E-state index is 10.1. The fourth-order valence-corrected chi connectivity index (χ4v) is 3.84. The van der Waals surface area contributed by atoms with Crippen molar-refractivity contribution in [1.82, 2.24) is 10.3 Å². The molecular formula is C17H22N2OS. The maximum atomic E-state index is 10.1. The Morgan fingerprint density at radius 3 is 2.76 bits per heavy atom. The molecule has 0 bridgehead atoms. The van der Waals surface area contributed by atoms with Crippen molar-refractivity contribution in [2.24, 2.45) is 5.92 Å². The monoisotopic (exact) mass is 302 g/mol. The number of thiazole rings is 1. The van der Waals surface area contributed by atoms with Gasteiger partial charge in [-0.15, -0.1) is 11.3 Å². The molecule has 0 aliphatic heterocycles. The Morgan fingerprint density at radius 2 is 2.00 bits per heavy atom. The smallest absolute Gasteiger partial charge is 0.123 e. The van der Waals surface area contributed by atoms with Crippen molar-refractivity contribution in [3.63, 3.8) is 0 Å². The van der Waals surface area contributed by atoms with Gasteiger partial charge in [0, 0.05) is 29.7 Å². The molecule has 0 spiro atoms. The summed E-state index contributed by atoms with van der Waals surface area (Å²) in [5.74, 6) is 0.499. The van der Waals surface area contributed by atoms with E-state index in [-0.39, 0.29) is 6.10 Å². The van der Waals surface area contributed by atoms with Crippen molar-refractivity contribution in [3.8, 4) is 10.6 Å². The number of rotatable bonds is 6. The van der Waals surface area contributed by atoms with E-state index in [1.807, 2.05) is 24.4 Å². The number of benzene rings is 1. The normalized spacial score (nSPS) is 17.2. The van der Waals surface area contributed by atoms with Crippen LogP contribution in [-0.4, -0.2) is 22.7 Å². The highest BCUT2D eigenvalue weighted by Crippen LogP contribution is 2.28. The van der Waals surface area contributed by atoms with Crippen molar-refractivity contribution in [2.75, 3.05) is 6.54 Å². The first-order chi connectivity index (χ1) is 10.3. The Bertz CT molecular complexity index is 549. The Labute approximate surface area is 130 Å². The van der Waals surface area contributed by atoms with E-state index in [4.69, 9.17) is 0 Å². The molecule has 1 unspecified atom stereocenters. The minimum absolute atomic E-state index is 0.200. The van der Waals surface area contributed by atoms with Crippen LogP contribution in [0, 0.1) is 5.92 Å². The second kappa shape index (κ2) is 7.16. The Balaban J connectivity index is 1.49. The number of aliphatic hydroxyl groups is 1. The second-order valence-corrected chi connectivity index (χ2v) is 6.86. The highest BCUT2D eigenvalue weighted by atomic mass is 32.1. The molecule has 0 saturated heterocycles. The van der Waals surface area contributed by atoms with Gasteiger partial charge in [-0.1, -0.05) is 43.2 Å². The fraction of sp³-hybridized carbons (Fsp3) is 0.471. The quantitative estimate of drug-likeness (QED) is 0.859. The summed E-state index contributed by atoms with van der Waals surface area (Å²) >= 11 is 1.71. The fourth-order valence-electron chi connectivity index (χ4n) is 2.96. The van der Waals surface area contributed by atoms with Crippen molar-refractivity contribution in [1.29, 1.82) is 0 Å². The van der Waals surface area contributed by atoms with Gasteiger partial charge in [0.2, 0.25) is 0 Å².